The third-order valence-electron chi connectivity index (χ3n) is 4.52. The van der Waals surface area contributed by atoms with Crippen LogP contribution in [0.1, 0.15) is 11.1 Å². The molecule has 2 aromatic rings. The summed E-state index contributed by atoms with van der Waals surface area (Å²) in [5, 5.41) is 3.34. The summed E-state index contributed by atoms with van der Waals surface area (Å²) in [7, 11) is 0.787. The molecule has 0 aliphatic carbocycles. The number of ether oxygens (including phenoxy) is 1. The molecule has 7 nitrogen and oxygen atoms in total. The summed E-state index contributed by atoms with van der Waals surface area (Å²) >= 11 is 0. The standard InChI is InChI=1S/C19H26N4O3S/c1-22(2)15-17-6-4-3-5-16(17)13-20-19-8-7-18(14-21-19)27(24,25)23-9-11-26-12-10-23/h3-8,14H,9-13,15H2,1-2H3,(H,20,21)/p+2. The molecule has 2 heterocycles. The summed E-state index contributed by atoms with van der Waals surface area (Å²) < 4.78 is 32.0. The smallest absolute Gasteiger partial charge is 0.272 e. The van der Waals surface area contributed by atoms with Crippen LogP contribution in [0.25, 0.3) is 0 Å². The van der Waals surface area contributed by atoms with E-state index in [0.29, 0.717) is 32.8 Å². The van der Waals surface area contributed by atoms with Crippen LogP contribution in [0.3, 0.4) is 0 Å². The van der Waals surface area contributed by atoms with Gasteiger partial charge in [-0.1, -0.05) is 24.3 Å². The van der Waals surface area contributed by atoms with Crippen molar-refractivity contribution in [2.75, 3.05) is 45.7 Å². The summed E-state index contributed by atoms with van der Waals surface area (Å²) in [6.07, 6.45) is 1.54. The number of nitrogens with one attached hydrogen (secondary N) is 3. The summed E-state index contributed by atoms with van der Waals surface area (Å²) in [4.78, 5) is 4.70. The van der Waals surface area contributed by atoms with Crippen molar-refractivity contribution in [2.45, 2.75) is 18.0 Å². The minimum absolute atomic E-state index is 0.270. The number of anilines is 1. The number of rotatable bonds is 7. The Morgan fingerprint density at radius 2 is 1.81 bits per heavy atom. The van der Waals surface area contributed by atoms with Crippen molar-refractivity contribution in [3.8, 4) is 0 Å². The second kappa shape index (κ2) is 8.79. The summed E-state index contributed by atoms with van der Waals surface area (Å²) in [6, 6.07) is 11.8. The van der Waals surface area contributed by atoms with Gasteiger partial charge in [-0.25, -0.2) is 13.4 Å². The fourth-order valence-electron chi connectivity index (χ4n) is 3.09. The zero-order valence-electron chi connectivity index (χ0n) is 15.9. The zero-order valence-corrected chi connectivity index (χ0v) is 16.7. The van der Waals surface area contributed by atoms with Gasteiger partial charge in [0.05, 0.1) is 27.3 Å². The molecule has 146 valence electrons. The van der Waals surface area contributed by atoms with E-state index in [1.54, 1.807) is 18.3 Å². The van der Waals surface area contributed by atoms with Crippen LogP contribution < -0.4 is 15.2 Å². The molecule has 0 amide bonds. The molecular formula is C19H28N4O3S+2. The van der Waals surface area contributed by atoms with Gasteiger partial charge in [0.2, 0.25) is 10.0 Å². The number of nitrogens with zero attached hydrogens (tertiary/aromatic N) is 1. The number of hydrogen-bond acceptors (Lipinski definition) is 4. The lowest BCUT2D eigenvalue weighted by molar-refractivity contribution is -0.872. The third kappa shape index (κ3) is 5.04. The average molecular weight is 393 g/mol. The number of quaternary nitrogens is 1. The number of H-pyrrole nitrogens is 1. The van der Waals surface area contributed by atoms with Gasteiger partial charge in [-0.3, -0.25) is 5.32 Å². The number of pyridine rings is 1. The maximum Gasteiger partial charge on any atom is 0.272 e. The van der Waals surface area contributed by atoms with Crippen LogP contribution in [-0.4, -0.2) is 53.1 Å². The summed E-state index contributed by atoms with van der Waals surface area (Å²) in [6.45, 7) is 3.31. The highest BCUT2D eigenvalue weighted by atomic mass is 32.2. The van der Waals surface area contributed by atoms with Crippen molar-refractivity contribution in [1.82, 2.24) is 4.31 Å². The van der Waals surface area contributed by atoms with E-state index in [2.05, 4.69) is 42.6 Å². The molecule has 1 aliphatic heterocycles. The quantitative estimate of drug-likeness (QED) is 0.683. The van der Waals surface area contributed by atoms with E-state index < -0.39 is 10.0 Å². The molecule has 3 N–H and O–H groups in total. The number of benzene rings is 1. The molecule has 27 heavy (non-hydrogen) atoms. The van der Waals surface area contributed by atoms with Crippen molar-refractivity contribution in [3.05, 3.63) is 53.7 Å². The Balaban J connectivity index is 1.66. The number of morpholine rings is 1. The van der Waals surface area contributed by atoms with E-state index in [1.165, 1.54) is 20.3 Å². The minimum atomic E-state index is -3.47. The van der Waals surface area contributed by atoms with Gasteiger partial charge in [-0.05, 0) is 6.07 Å². The van der Waals surface area contributed by atoms with Crippen LogP contribution in [0, 0.1) is 0 Å². The molecule has 0 radical (unpaired) electrons. The van der Waals surface area contributed by atoms with Gasteiger partial charge in [0, 0.05) is 30.3 Å². The first-order valence-corrected chi connectivity index (χ1v) is 10.6. The van der Waals surface area contributed by atoms with Crippen LogP contribution in [0.5, 0.6) is 0 Å². The van der Waals surface area contributed by atoms with Crippen molar-refractivity contribution in [1.29, 1.82) is 0 Å². The molecule has 0 atom stereocenters. The van der Waals surface area contributed by atoms with Gasteiger partial charge in [0.15, 0.2) is 0 Å². The lowest BCUT2D eigenvalue weighted by Gasteiger charge is -2.25. The molecule has 3 rings (SSSR count). The van der Waals surface area contributed by atoms with Crippen LogP contribution >= 0.6 is 0 Å². The molecule has 1 aromatic carbocycles. The molecule has 1 aromatic heterocycles. The van der Waals surface area contributed by atoms with E-state index >= 15 is 0 Å². The maximum atomic E-state index is 12.7. The second-order valence-corrected chi connectivity index (χ2v) is 8.90. The van der Waals surface area contributed by atoms with Gasteiger partial charge < -0.3 is 9.64 Å². The Morgan fingerprint density at radius 3 is 2.44 bits per heavy atom. The van der Waals surface area contributed by atoms with Crippen LogP contribution in [0.15, 0.2) is 47.5 Å². The highest BCUT2D eigenvalue weighted by Gasteiger charge is 2.27. The Labute approximate surface area is 161 Å². The predicted octanol–water partition coefficient (Wildman–Crippen LogP) is -0.222. The van der Waals surface area contributed by atoms with Gasteiger partial charge >= 0.3 is 0 Å². The molecule has 0 spiro atoms. The molecule has 8 heteroatoms. The molecular weight excluding hydrogens is 364 g/mol. The predicted molar refractivity (Wildman–Crippen MR) is 103 cm³/mol. The SMILES string of the molecule is C[NH+](C)Cc1ccccc1CNc1ccc(S(=O)(=O)N2CCOCC2)c[nH+]1. The molecule has 0 unspecified atom stereocenters. The van der Waals surface area contributed by atoms with Crippen LogP contribution in [-0.2, 0) is 27.8 Å². The van der Waals surface area contributed by atoms with E-state index in [0.717, 1.165) is 12.4 Å². The first-order valence-electron chi connectivity index (χ1n) is 9.16. The van der Waals surface area contributed by atoms with Gasteiger partial charge in [0.25, 0.3) is 5.82 Å². The van der Waals surface area contributed by atoms with E-state index in [-0.39, 0.29) is 4.90 Å². The first kappa shape index (κ1) is 19.8. The monoisotopic (exact) mass is 392 g/mol. The molecule has 0 saturated carbocycles. The molecule has 0 bridgehead atoms. The Morgan fingerprint density at radius 1 is 1.11 bits per heavy atom. The van der Waals surface area contributed by atoms with Crippen molar-refractivity contribution in [3.63, 3.8) is 0 Å². The average Bonchev–Trinajstić information content (AvgIpc) is 2.68. The Hall–Kier alpha value is -2.00. The summed E-state index contributed by atoms with van der Waals surface area (Å²) in [5.41, 5.74) is 2.54. The van der Waals surface area contributed by atoms with Crippen molar-refractivity contribution < 1.29 is 23.0 Å². The highest BCUT2D eigenvalue weighted by Crippen LogP contribution is 2.16. The first-order chi connectivity index (χ1) is 13.0. The highest BCUT2D eigenvalue weighted by molar-refractivity contribution is 7.89. The third-order valence-corrected chi connectivity index (χ3v) is 6.42. The number of aromatic nitrogens is 1. The number of hydrogen-bond donors (Lipinski definition) is 2. The van der Waals surface area contributed by atoms with E-state index in [4.69, 9.17) is 4.74 Å². The Kier molecular flexibility index (Phi) is 6.43. The van der Waals surface area contributed by atoms with Gasteiger partial charge in [-0.2, -0.15) is 4.31 Å². The number of sulfonamides is 1. The van der Waals surface area contributed by atoms with Crippen LogP contribution in [0.4, 0.5) is 5.82 Å². The molecule has 1 fully saturated rings. The van der Waals surface area contributed by atoms with Gasteiger partial charge in [0.1, 0.15) is 24.2 Å². The maximum absolute atomic E-state index is 12.7. The zero-order chi connectivity index (χ0) is 19.3. The van der Waals surface area contributed by atoms with Gasteiger partial charge in [-0.15, -0.1) is 0 Å². The minimum Gasteiger partial charge on any atom is -0.379 e. The van der Waals surface area contributed by atoms with Crippen LogP contribution in [0.2, 0.25) is 0 Å². The fraction of sp³-hybridized carbons (Fsp3) is 0.421. The largest absolute Gasteiger partial charge is 0.379 e. The molecule has 1 saturated heterocycles. The second-order valence-electron chi connectivity index (χ2n) is 6.96. The lowest BCUT2D eigenvalue weighted by atomic mass is 10.1. The molecule has 1 aliphatic rings. The summed E-state index contributed by atoms with van der Waals surface area (Å²) in [5.74, 6) is 0.780. The van der Waals surface area contributed by atoms with E-state index in [1.807, 2.05) is 6.07 Å². The number of aromatic amines is 1. The van der Waals surface area contributed by atoms with Crippen molar-refractivity contribution >= 4 is 15.8 Å². The Bertz CT molecular complexity index is 848. The van der Waals surface area contributed by atoms with Crippen molar-refractivity contribution in [2.24, 2.45) is 0 Å². The fourth-order valence-corrected chi connectivity index (χ4v) is 4.47. The lowest BCUT2D eigenvalue weighted by Crippen LogP contribution is -3.04. The van der Waals surface area contributed by atoms with E-state index in [9.17, 15) is 8.42 Å². The normalized spacial score (nSPS) is 15.8. The topological polar surface area (TPSA) is 77.2 Å².